The second-order valence-electron chi connectivity index (χ2n) is 7.66. The van der Waals surface area contributed by atoms with Crippen LogP contribution in [-0.4, -0.2) is 43.8 Å². The normalized spacial score (nSPS) is 13.9. The summed E-state index contributed by atoms with van der Waals surface area (Å²) in [5, 5.41) is 8.47. The second kappa shape index (κ2) is 7.79. The van der Waals surface area contributed by atoms with Crippen molar-refractivity contribution in [1.82, 2.24) is 24.8 Å². The van der Waals surface area contributed by atoms with Gasteiger partial charge >= 0.3 is 0 Å². The molecule has 156 valence electrons. The highest BCUT2D eigenvalue weighted by Gasteiger charge is 2.37. The number of aryl methyl sites for hydroxylation is 1. The highest BCUT2D eigenvalue weighted by Crippen LogP contribution is 2.28. The third-order valence-electron chi connectivity index (χ3n) is 5.45. The molecule has 1 fully saturated rings. The molecule has 1 aliphatic rings. The Balaban J connectivity index is 1.23. The van der Waals surface area contributed by atoms with Gasteiger partial charge in [-0.2, -0.15) is 10.1 Å². The minimum Gasteiger partial charge on any atom is -0.339 e. The monoisotopic (exact) mass is 417 g/mol. The van der Waals surface area contributed by atoms with Gasteiger partial charge in [-0.25, -0.2) is 4.39 Å². The summed E-state index contributed by atoms with van der Waals surface area (Å²) in [5.74, 6) is 0.818. The van der Waals surface area contributed by atoms with Crippen LogP contribution in [0.5, 0.6) is 0 Å². The summed E-state index contributed by atoms with van der Waals surface area (Å²) in [4.78, 5) is 19.1. The van der Waals surface area contributed by atoms with Crippen LogP contribution in [0.2, 0.25) is 0 Å². The molecule has 1 saturated heterocycles. The number of halogens is 1. The van der Waals surface area contributed by atoms with Crippen LogP contribution in [0.1, 0.15) is 33.7 Å². The zero-order valence-electron chi connectivity index (χ0n) is 16.9. The van der Waals surface area contributed by atoms with Crippen molar-refractivity contribution in [3.63, 3.8) is 0 Å². The van der Waals surface area contributed by atoms with Crippen molar-refractivity contribution in [2.24, 2.45) is 7.05 Å². The van der Waals surface area contributed by atoms with Gasteiger partial charge in [0.05, 0.1) is 11.6 Å². The van der Waals surface area contributed by atoms with E-state index in [9.17, 15) is 9.18 Å². The zero-order valence-corrected chi connectivity index (χ0v) is 16.9. The predicted molar refractivity (Wildman–Crippen MR) is 111 cm³/mol. The van der Waals surface area contributed by atoms with Gasteiger partial charge in [0.25, 0.3) is 5.91 Å². The molecule has 0 aliphatic carbocycles. The molecule has 2 aromatic carbocycles. The van der Waals surface area contributed by atoms with Crippen LogP contribution < -0.4 is 0 Å². The largest absolute Gasteiger partial charge is 0.339 e. The van der Waals surface area contributed by atoms with E-state index in [0.29, 0.717) is 42.6 Å². The third-order valence-corrected chi connectivity index (χ3v) is 5.45. The third kappa shape index (κ3) is 3.84. The number of rotatable bonds is 5. The summed E-state index contributed by atoms with van der Waals surface area (Å²) in [6.45, 7) is 1.03. The maximum atomic E-state index is 13.2. The first-order valence-electron chi connectivity index (χ1n) is 10.0. The summed E-state index contributed by atoms with van der Waals surface area (Å²) in [6, 6.07) is 17.7. The molecule has 0 saturated carbocycles. The van der Waals surface area contributed by atoms with Crippen LogP contribution in [0.15, 0.2) is 65.2 Å². The van der Waals surface area contributed by atoms with E-state index in [0.717, 1.165) is 11.1 Å². The molecule has 31 heavy (non-hydrogen) atoms. The highest BCUT2D eigenvalue weighted by molar-refractivity contribution is 5.94. The van der Waals surface area contributed by atoms with Gasteiger partial charge in [0.1, 0.15) is 11.5 Å². The van der Waals surface area contributed by atoms with Crippen LogP contribution in [0.4, 0.5) is 4.39 Å². The van der Waals surface area contributed by atoms with Crippen molar-refractivity contribution in [3.8, 4) is 11.3 Å². The minimum absolute atomic E-state index is 0.0331. The Morgan fingerprint density at radius 2 is 1.87 bits per heavy atom. The Hall–Kier alpha value is -3.81. The Bertz CT molecular complexity index is 1210. The first-order chi connectivity index (χ1) is 15.1. The van der Waals surface area contributed by atoms with E-state index in [2.05, 4.69) is 15.2 Å². The molecule has 1 amide bonds. The first-order valence-corrected chi connectivity index (χ1v) is 10.0. The molecule has 0 atom stereocenters. The van der Waals surface area contributed by atoms with Crippen molar-refractivity contribution < 1.29 is 13.7 Å². The molecule has 7 nitrogen and oxygen atoms in total. The lowest BCUT2D eigenvalue weighted by Crippen LogP contribution is -2.49. The Morgan fingerprint density at radius 1 is 1.13 bits per heavy atom. The van der Waals surface area contributed by atoms with Gasteiger partial charge in [-0.15, -0.1) is 0 Å². The smallest absolute Gasteiger partial charge is 0.272 e. The number of aromatic nitrogens is 4. The van der Waals surface area contributed by atoms with E-state index in [1.54, 1.807) is 34.8 Å². The van der Waals surface area contributed by atoms with Gasteiger partial charge in [0.2, 0.25) is 5.89 Å². The van der Waals surface area contributed by atoms with Crippen LogP contribution in [0.3, 0.4) is 0 Å². The summed E-state index contributed by atoms with van der Waals surface area (Å²) < 4.78 is 20.1. The molecule has 0 N–H and O–H groups in total. The average molecular weight is 417 g/mol. The van der Waals surface area contributed by atoms with Crippen molar-refractivity contribution in [1.29, 1.82) is 0 Å². The van der Waals surface area contributed by atoms with Crippen molar-refractivity contribution >= 4 is 5.91 Å². The van der Waals surface area contributed by atoms with Gasteiger partial charge in [-0.05, 0) is 35.9 Å². The molecule has 0 unspecified atom stereocenters. The number of hydrogen-bond donors (Lipinski definition) is 0. The summed E-state index contributed by atoms with van der Waals surface area (Å²) in [6.07, 6.45) is 0.612. The summed E-state index contributed by atoms with van der Waals surface area (Å²) in [7, 11) is 1.73. The maximum absolute atomic E-state index is 13.2. The number of carbonyl (C=O) groups is 1. The Labute approximate surface area is 178 Å². The lowest BCUT2D eigenvalue weighted by atomic mass is 9.99. The van der Waals surface area contributed by atoms with E-state index in [-0.39, 0.29) is 17.6 Å². The average Bonchev–Trinajstić information content (AvgIpc) is 3.35. The predicted octanol–water partition coefficient (Wildman–Crippen LogP) is 3.44. The molecule has 1 aliphatic heterocycles. The zero-order chi connectivity index (χ0) is 21.4. The van der Waals surface area contributed by atoms with Crippen LogP contribution >= 0.6 is 0 Å². The summed E-state index contributed by atoms with van der Waals surface area (Å²) >= 11 is 0. The van der Waals surface area contributed by atoms with Gasteiger partial charge in [-0.3, -0.25) is 9.48 Å². The molecule has 0 spiro atoms. The van der Waals surface area contributed by atoms with E-state index >= 15 is 0 Å². The number of nitrogens with zero attached hydrogens (tertiary/aromatic N) is 5. The Kier molecular flexibility index (Phi) is 4.82. The van der Waals surface area contributed by atoms with Crippen molar-refractivity contribution in [2.75, 3.05) is 13.1 Å². The lowest BCUT2D eigenvalue weighted by molar-refractivity contribution is 0.0558. The SMILES string of the molecule is Cn1nc(-c2ccc(F)cc2)cc1C(=O)N1CC(c2nc(Cc3ccccc3)no2)C1. The fourth-order valence-corrected chi connectivity index (χ4v) is 3.68. The minimum atomic E-state index is -0.310. The van der Waals surface area contributed by atoms with Crippen LogP contribution in [0.25, 0.3) is 11.3 Å². The van der Waals surface area contributed by atoms with Gasteiger partial charge in [-0.1, -0.05) is 35.5 Å². The molecule has 5 rings (SSSR count). The number of amides is 1. The lowest BCUT2D eigenvalue weighted by Gasteiger charge is -2.36. The van der Waals surface area contributed by atoms with Gasteiger partial charge in [0.15, 0.2) is 5.82 Å². The maximum Gasteiger partial charge on any atom is 0.272 e. The second-order valence-corrected chi connectivity index (χ2v) is 7.66. The fourth-order valence-electron chi connectivity index (χ4n) is 3.68. The standard InChI is InChI=1S/C23H20FN5O2/c1-28-20(12-19(26-28)16-7-9-18(24)10-8-16)23(30)29-13-17(14-29)22-25-21(27-31-22)11-15-5-3-2-4-6-15/h2-10,12,17H,11,13-14H2,1H3. The van der Waals surface area contributed by atoms with Crippen LogP contribution in [-0.2, 0) is 13.5 Å². The first kappa shape index (κ1) is 19.2. The number of carbonyl (C=O) groups excluding carboxylic acids is 1. The topological polar surface area (TPSA) is 77.1 Å². The van der Waals surface area contributed by atoms with E-state index < -0.39 is 0 Å². The molecule has 8 heteroatoms. The molecule has 2 aromatic heterocycles. The van der Waals surface area contributed by atoms with E-state index in [1.165, 1.54) is 12.1 Å². The number of benzene rings is 2. The van der Waals surface area contributed by atoms with Crippen LogP contribution in [0, 0.1) is 5.82 Å². The molecular weight excluding hydrogens is 397 g/mol. The van der Waals surface area contributed by atoms with E-state index in [1.807, 2.05) is 30.3 Å². The van der Waals surface area contributed by atoms with Gasteiger partial charge in [0, 0.05) is 32.1 Å². The molecule has 0 radical (unpaired) electrons. The summed E-state index contributed by atoms with van der Waals surface area (Å²) in [5.41, 5.74) is 2.99. The van der Waals surface area contributed by atoms with Crippen molar-refractivity contribution in [2.45, 2.75) is 12.3 Å². The fraction of sp³-hybridized carbons (Fsp3) is 0.217. The number of hydrogen-bond acceptors (Lipinski definition) is 5. The van der Waals surface area contributed by atoms with E-state index in [4.69, 9.17) is 4.52 Å². The quantitative estimate of drug-likeness (QED) is 0.497. The molecule has 3 heterocycles. The van der Waals surface area contributed by atoms with Crippen molar-refractivity contribution in [3.05, 3.63) is 89.5 Å². The molecule has 0 bridgehead atoms. The molecular formula is C23H20FN5O2. The van der Waals surface area contributed by atoms with Gasteiger partial charge < -0.3 is 9.42 Å². The molecule has 4 aromatic rings. The number of likely N-dealkylation sites (tertiary alicyclic amines) is 1. The highest BCUT2D eigenvalue weighted by atomic mass is 19.1. The Morgan fingerprint density at radius 3 is 2.61 bits per heavy atom.